The van der Waals surface area contributed by atoms with Crippen LogP contribution in [0, 0.1) is 5.92 Å². The Morgan fingerprint density at radius 1 is 1.27 bits per heavy atom. The fourth-order valence-corrected chi connectivity index (χ4v) is 4.30. The summed E-state index contributed by atoms with van der Waals surface area (Å²) < 4.78 is 11.3. The third kappa shape index (κ3) is 3.08. The Morgan fingerprint density at radius 2 is 2.12 bits per heavy atom. The summed E-state index contributed by atoms with van der Waals surface area (Å²) in [6.45, 7) is 2.91. The smallest absolute Gasteiger partial charge is 0.338 e. The lowest BCUT2D eigenvalue weighted by Crippen LogP contribution is -2.36. The van der Waals surface area contributed by atoms with Crippen LogP contribution in [0.15, 0.2) is 42.5 Å². The summed E-state index contributed by atoms with van der Waals surface area (Å²) >= 11 is 6.48. The van der Waals surface area contributed by atoms with Crippen molar-refractivity contribution in [2.75, 3.05) is 18.5 Å². The Kier molecular flexibility index (Phi) is 4.88. The summed E-state index contributed by atoms with van der Waals surface area (Å²) in [4.78, 5) is 12.1. The van der Waals surface area contributed by atoms with E-state index in [0.717, 1.165) is 41.3 Å². The summed E-state index contributed by atoms with van der Waals surface area (Å²) in [5, 5.41) is 4.40. The molecule has 2 aromatic carbocycles. The second-order valence-corrected chi connectivity index (χ2v) is 7.17. The van der Waals surface area contributed by atoms with E-state index in [4.69, 9.17) is 21.1 Å². The Balaban J connectivity index is 1.74. The van der Waals surface area contributed by atoms with Crippen LogP contribution in [0.5, 0.6) is 0 Å². The van der Waals surface area contributed by atoms with Gasteiger partial charge in [0.25, 0.3) is 0 Å². The van der Waals surface area contributed by atoms with Crippen molar-refractivity contribution in [3.05, 3.63) is 64.2 Å². The Bertz CT molecular complexity index is 823. The molecule has 1 N–H and O–H groups in total. The van der Waals surface area contributed by atoms with Crippen LogP contribution in [0.4, 0.5) is 5.69 Å². The van der Waals surface area contributed by atoms with Crippen LogP contribution in [0.3, 0.4) is 0 Å². The summed E-state index contributed by atoms with van der Waals surface area (Å²) in [5.41, 5.74) is 3.68. The molecule has 0 aromatic heterocycles. The highest BCUT2D eigenvalue weighted by Crippen LogP contribution is 2.50. The van der Waals surface area contributed by atoms with E-state index in [1.54, 1.807) is 6.07 Å². The van der Waals surface area contributed by atoms with Gasteiger partial charge < -0.3 is 14.8 Å². The number of carbonyl (C=O) groups excluding carboxylic acids is 1. The highest BCUT2D eigenvalue weighted by molar-refractivity contribution is 6.31. The molecule has 0 unspecified atom stereocenters. The van der Waals surface area contributed by atoms with E-state index >= 15 is 0 Å². The lowest BCUT2D eigenvalue weighted by atomic mass is 9.77. The van der Waals surface area contributed by atoms with Crippen molar-refractivity contribution in [1.29, 1.82) is 0 Å². The van der Waals surface area contributed by atoms with Crippen molar-refractivity contribution >= 4 is 23.3 Å². The van der Waals surface area contributed by atoms with Crippen LogP contribution < -0.4 is 5.32 Å². The Hall–Kier alpha value is -2.04. The first-order chi connectivity index (χ1) is 12.7. The first-order valence-corrected chi connectivity index (χ1v) is 9.50. The zero-order valence-corrected chi connectivity index (χ0v) is 15.5. The molecule has 2 aliphatic rings. The average Bonchev–Trinajstić information content (AvgIpc) is 2.68. The number of hydrogen-bond acceptors (Lipinski definition) is 4. The molecule has 1 saturated heterocycles. The topological polar surface area (TPSA) is 47.6 Å². The normalized spacial score (nSPS) is 24.2. The third-order valence-corrected chi connectivity index (χ3v) is 5.56. The summed E-state index contributed by atoms with van der Waals surface area (Å²) in [5.74, 6) is -0.0236. The van der Waals surface area contributed by atoms with E-state index in [-0.39, 0.29) is 24.0 Å². The molecule has 2 aliphatic heterocycles. The third-order valence-electron chi connectivity index (χ3n) is 5.22. The van der Waals surface area contributed by atoms with Crippen molar-refractivity contribution < 1.29 is 14.3 Å². The quantitative estimate of drug-likeness (QED) is 0.758. The highest BCUT2D eigenvalue weighted by Gasteiger charge is 2.40. The summed E-state index contributed by atoms with van der Waals surface area (Å²) in [6, 6.07) is 13.7. The molecule has 0 spiro atoms. The van der Waals surface area contributed by atoms with Crippen molar-refractivity contribution in [2.45, 2.75) is 31.9 Å². The van der Waals surface area contributed by atoms with Gasteiger partial charge in [-0.1, -0.05) is 29.8 Å². The number of rotatable bonds is 3. The molecule has 2 heterocycles. The predicted octanol–water partition coefficient (Wildman–Crippen LogP) is 5.15. The molecule has 4 rings (SSSR count). The van der Waals surface area contributed by atoms with Gasteiger partial charge in [-0.15, -0.1) is 0 Å². The molecule has 0 amide bonds. The van der Waals surface area contributed by atoms with Gasteiger partial charge in [-0.2, -0.15) is 0 Å². The maximum Gasteiger partial charge on any atom is 0.338 e. The van der Waals surface area contributed by atoms with Gasteiger partial charge in [-0.25, -0.2) is 4.79 Å². The van der Waals surface area contributed by atoms with E-state index in [1.165, 1.54) is 0 Å². The van der Waals surface area contributed by atoms with Gasteiger partial charge in [0.2, 0.25) is 0 Å². The first kappa shape index (κ1) is 17.4. The largest absolute Gasteiger partial charge is 0.462 e. The molecular weight excluding hydrogens is 350 g/mol. The van der Waals surface area contributed by atoms with Crippen LogP contribution >= 0.6 is 11.6 Å². The van der Waals surface area contributed by atoms with E-state index in [0.29, 0.717) is 12.2 Å². The van der Waals surface area contributed by atoms with Crippen LogP contribution in [-0.2, 0) is 9.47 Å². The van der Waals surface area contributed by atoms with Crippen molar-refractivity contribution in [1.82, 2.24) is 0 Å². The molecule has 1 fully saturated rings. The van der Waals surface area contributed by atoms with Crippen LogP contribution in [0.25, 0.3) is 0 Å². The number of carbonyl (C=O) groups is 1. The molecule has 0 radical (unpaired) electrons. The number of nitrogens with one attached hydrogen (secondary N) is 1. The maximum atomic E-state index is 12.1. The second kappa shape index (κ2) is 7.29. The lowest BCUT2D eigenvalue weighted by Gasteiger charge is -2.43. The molecule has 4 nitrogen and oxygen atoms in total. The number of fused-ring (bicyclic) bond motifs is 3. The van der Waals surface area contributed by atoms with Gasteiger partial charge in [0.1, 0.15) is 0 Å². The number of esters is 1. The number of ether oxygens (including phenoxy) is 2. The Labute approximate surface area is 158 Å². The van der Waals surface area contributed by atoms with Gasteiger partial charge in [-0.05, 0) is 49.6 Å². The molecule has 5 heteroatoms. The zero-order chi connectivity index (χ0) is 18.1. The Morgan fingerprint density at radius 3 is 2.92 bits per heavy atom. The van der Waals surface area contributed by atoms with Crippen molar-refractivity contribution in [3.63, 3.8) is 0 Å². The van der Waals surface area contributed by atoms with Gasteiger partial charge >= 0.3 is 5.97 Å². The number of halogens is 1. The number of anilines is 1. The second-order valence-electron chi connectivity index (χ2n) is 6.76. The molecular formula is C21H22ClNO3. The standard InChI is InChI=1S/C21H22ClNO3/c1-2-25-21(24)13-9-10-18-16(12-13)20-15(7-5-11-26-20)19(23-18)14-6-3-4-8-17(14)22/h3-4,6,8-10,12,15,19-20,23H,2,5,7,11H2,1H3/t15-,19+,20-/m1/s1. The zero-order valence-electron chi connectivity index (χ0n) is 14.7. The SMILES string of the molecule is CCOC(=O)c1ccc2c(c1)[C@@H]1OCCC[C@@H]1[C@H](c1ccccc1Cl)N2. The fourth-order valence-electron chi connectivity index (χ4n) is 4.05. The minimum atomic E-state index is -0.295. The molecule has 136 valence electrons. The minimum Gasteiger partial charge on any atom is -0.462 e. The summed E-state index contributed by atoms with van der Waals surface area (Å²) in [7, 11) is 0. The van der Waals surface area contributed by atoms with Crippen LogP contribution in [0.1, 0.15) is 53.4 Å². The van der Waals surface area contributed by atoms with E-state index < -0.39 is 0 Å². The predicted molar refractivity (Wildman–Crippen MR) is 102 cm³/mol. The van der Waals surface area contributed by atoms with Crippen LogP contribution in [-0.4, -0.2) is 19.2 Å². The van der Waals surface area contributed by atoms with Crippen molar-refractivity contribution in [2.24, 2.45) is 5.92 Å². The monoisotopic (exact) mass is 371 g/mol. The van der Waals surface area contributed by atoms with E-state index in [9.17, 15) is 4.79 Å². The lowest BCUT2D eigenvalue weighted by molar-refractivity contribution is -0.0381. The van der Waals surface area contributed by atoms with Crippen molar-refractivity contribution in [3.8, 4) is 0 Å². The van der Waals surface area contributed by atoms with Gasteiger partial charge in [0.15, 0.2) is 0 Å². The van der Waals surface area contributed by atoms with E-state index in [2.05, 4.69) is 11.4 Å². The van der Waals surface area contributed by atoms with Gasteiger partial charge in [0.05, 0.1) is 24.3 Å². The van der Waals surface area contributed by atoms with Gasteiger partial charge in [-0.3, -0.25) is 0 Å². The van der Waals surface area contributed by atoms with E-state index in [1.807, 2.05) is 37.3 Å². The number of hydrogen-bond donors (Lipinski definition) is 1. The average molecular weight is 372 g/mol. The molecule has 0 saturated carbocycles. The minimum absolute atomic E-state index is 0.0457. The molecule has 0 aliphatic carbocycles. The summed E-state index contributed by atoms with van der Waals surface area (Å²) in [6.07, 6.45) is 2.03. The number of benzene rings is 2. The first-order valence-electron chi connectivity index (χ1n) is 9.12. The van der Waals surface area contributed by atoms with Gasteiger partial charge in [0, 0.05) is 28.8 Å². The molecule has 26 heavy (non-hydrogen) atoms. The molecule has 3 atom stereocenters. The highest BCUT2D eigenvalue weighted by atomic mass is 35.5. The fraction of sp³-hybridized carbons (Fsp3) is 0.381. The molecule has 2 aromatic rings. The maximum absolute atomic E-state index is 12.1. The molecule has 0 bridgehead atoms. The van der Waals surface area contributed by atoms with Crippen LogP contribution in [0.2, 0.25) is 5.02 Å².